The Morgan fingerprint density at radius 2 is 1.93 bits per heavy atom. The molecule has 2 aromatic rings. The number of halogens is 2. The maximum atomic E-state index is 12.7. The highest BCUT2D eigenvalue weighted by Crippen LogP contribution is 2.27. The van der Waals surface area contributed by atoms with Gasteiger partial charge in [0, 0.05) is 39.2 Å². The molecule has 0 atom stereocenters. The number of nitrogens with zero attached hydrogens (tertiary/aromatic N) is 4. The van der Waals surface area contributed by atoms with Crippen molar-refractivity contribution >= 4 is 41.0 Å². The summed E-state index contributed by atoms with van der Waals surface area (Å²) >= 11 is 12.3. The second kappa shape index (κ2) is 8.84. The van der Waals surface area contributed by atoms with Gasteiger partial charge in [0.25, 0.3) is 0 Å². The lowest BCUT2D eigenvalue weighted by Gasteiger charge is -2.33. The van der Waals surface area contributed by atoms with E-state index in [9.17, 15) is 9.59 Å². The smallest absolute Gasteiger partial charge is 0.319 e. The van der Waals surface area contributed by atoms with Crippen LogP contribution in [0.4, 0.5) is 10.6 Å². The van der Waals surface area contributed by atoms with E-state index >= 15 is 0 Å². The molecule has 1 saturated heterocycles. The van der Waals surface area contributed by atoms with Crippen LogP contribution in [0.25, 0.3) is 0 Å². The molecule has 150 valence electrons. The molecular weight excluding hydrogens is 401 g/mol. The molecule has 0 saturated carbocycles. The Morgan fingerprint density at radius 1 is 1.21 bits per heavy atom. The van der Waals surface area contributed by atoms with Gasteiger partial charge < -0.3 is 15.1 Å². The van der Waals surface area contributed by atoms with E-state index in [0.717, 1.165) is 5.56 Å². The van der Waals surface area contributed by atoms with Crippen molar-refractivity contribution in [1.29, 1.82) is 0 Å². The normalized spacial score (nSPS) is 14.8. The van der Waals surface area contributed by atoms with Crippen molar-refractivity contribution in [3.63, 3.8) is 0 Å². The zero-order chi connectivity index (χ0) is 20.3. The highest BCUT2D eigenvalue weighted by atomic mass is 35.5. The van der Waals surface area contributed by atoms with Crippen LogP contribution < -0.4 is 5.32 Å². The molecule has 28 heavy (non-hydrogen) atoms. The monoisotopic (exact) mass is 423 g/mol. The van der Waals surface area contributed by atoms with Gasteiger partial charge >= 0.3 is 6.03 Å². The van der Waals surface area contributed by atoms with Crippen LogP contribution in [0.2, 0.25) is 10.0 Å². The quantitative estimate of drug-likeness (QED) is 0.816. The molecule has 9 heteroatoms. The third kappa shape index (κ3) is 4.59. The number of amides is 3. The van der Waals surface area contributed by atoms with Crippen molar-refractivity contribution in [2.75, 3.05) is 32.5 Å². The van der Waals surface area contributed by atoms with E-state index in [0.29, 0.717) is 48.3 Å². The van der Waals surface area contributed by atoms with Crippen molar-refractivity contribution in [1.82, 2.24) is 19.6 Å². The van der Waals surface area contributed by atoms with Crippen molar-refractivity contribution in [3.8, 4) is 0 Å². The van der Waals surface area contributed by atoms with E-state index in [4.69, 9.17) is 23.2 Å². The molecule has 1 fully saturated rings. The maximum absolute atomic E-state index is 12.7. The topological polar surface area (TPSA) is 70.5 Å². The number of aromatic nitrogens is 2. The zero-order valence-electron chi connectivity index (χ0n) is 15.9. The molecule has 0 aliphatic carbocycles. The first-order valence-electron chi connectivity index (χ1n) is 9.08. The van der Waals surface area contributed by atoms with Crippen LogP contribution in [-0.4, -0.2) is 58.7 Å². The average Bonchev–Trinajstić information content (AvgIpc) is 3.11. The average molecular weight is 424 g/mol. The van der Waals surface area contributed by atoms with Crippen molar-refractivity contribution < 1.29 is 9.59 Å². The van der Waals surface area contributed by atoms with Gasteiger partial charge in [0.2, 0.25) is 5.91 Å². The van der Waals surface area contributed by atoms with Gasteiger partial charge in [0.1, 0.15) is 5.82 Å². The fourth-order valence-corrected chi connectivity index (χ4v) is 3.62. The molecule has 0 unspecified atom stereocenters. The second-order valence-corrected chi connectivity index (χ2v) is 7.80. The lowest BCUT2D eigenvalue weighted by molar-refractivity contribution is -0.121. The predicted octanol–water partition coefficient (Wildman–Crippen LogP) is 3.57. The number of carbonyl (C=O) groups is 2. The van der Waals surface area contributed by atoms with Crippen molar-refractivity contribution in [2.45, 2.75) is 19.4 Å². The third-order valence-electron chi connectivity index (χ3n) is 4.84. The van der Waals surface area contributed by atoms with Crippen LogP contribution in [0.15, 0.2) is 30.5 Å². The predicted molar refractivity (Wildman–Crippen MR) is 110 cm³/mol. The first-order chi connectivity index (χ1) is 13.4. The van der Waals surface area contributed by atoms with Crippen LogP contribution in [0, 0.1) is 5.92 Å². The molecule has 1 aliphatic heterocycles. The lowest BCUT2D eigenvalue weighted by Crippen LogP contribution is -2.45. The number of anilines is 1. The summed E-state index contributed by atoms with van der Waals surface area (Å²) in [4.78, 5) is 28.0. The number of hydrogen-bond donors (Lipinski definition) is 1. The van der Waals surface area contributed by atoms with E-state index in [-0.39, 0.29) is 17.9 Å². The van der Waals surface area contributed by atoms with Crippen molar-refractivity contribution in [2.24, 2.45) is 5.92 Å². The summed E-state index contributed by atoms with van der Waals surface area (Å²) in [7, 11) is 3.46. The molecule has 1 N–H and O–H groups in total. The van der Waals surface area contributed by atoms with Gasteiger partial charge in [0.05, 0.1) is 22.8 Å². The van der Waals surface area contributed by atoms with Gasteiger partial charge in [-0.1, -0.05) is 35.3 Å². The van der Waals surface area contributed by atoms with Crippen LogP contribution in [-0.2, 0) is 11.3 Å². The lowest BCUT2D eigenvalue weighted by atomic mass is 9.96. The SMILES string of the molecule is CN(C)C(=O)N1CCC(C(=O)Nc2ccnn2Cc2cccc(Cl)c2Cl)CC1. The molecule has 3 amide bonds. The highest BCUT2D eigenvalue weighted by molar-refractivity contribution is 6.42. The molecule has 7 nitrogen and oxygen atoms in total. The Labute approximate surface area is 174 Å². The van der Waals surface area contributed by atoms with Crippen LogP contribution >= 0.6 is 23.2 Å². The van der Waals surface area contributed by atoms with E-state index in [1.165, 1.54) is 0 Å². The number of hydrogen-bond acceptors (Lipinski definition) is 3. The molecule has 0 radical (unpaired) electrons. The van der Waals surface area contributed by atoms with E-state index in [1.807, 2.05) is 12.1 Å². The minimum absolute atomic E-state index is 0.0182. The number of urea groups is 1. The summed E-state index contributed by atoms with van der Waals surface area (Å²) in [6, 6.07) is 7.16. The van der Waals surface area contributed by atoms with Crippen LogP contribution in [0.1, 0.15) is 18.4 Å². The molecule has 1 aromatic carbocycles. The summed E-state index contributed by atoms with van der Waals surface area (Å²) in [5.74, 6) is 0.410. The third-order valence-corrected chi connectivity index (χ3v) is 5.70. The van der Waals surface area contributed by atoms with E-state index < -0.39 is 0 Å². The molecular formula is C19H23Cl2N5O2. The Bertz CT molecular complexity index is 860. The maximum Gasteiger partial charge on any atom is 0.319 e. The number of benzene rings is 1. The molecule has 2 heterocycles. The van der Waals surface area contributed by atoms with Gasteiger partial charge in [-0.15, -0.1) is 0 Å². The van der Waals surface area contributed by atoms with Crippen molar-refractivity contribution in [3.05, 3.63) is 46.1 Å². The van der Waals surface area contributed by atoms with Gasteiger partial charge in [-0.05, 0) is 24.5 Å². The Morgan fingerprint density at radius 3 is 2.61 bits per heavy atom. The van der Waals surface area contributed by atoms with Gasteiger partial charge in [-0.2, -0.15) is 5.10 Å². The highest BCUT2D eigenvalue weighted by Gasteiger charge is 2.28. The van der Waals surface area contributed by atoms with Crippen LogP contribution in [0.5, 0.6) is 0 Å². The first-order valence-corrected chi connectivity index (χ1v) is 9.84. The number of nitrogens with one attached hydrogen (secondary N) is 1. The number of rotatable bonds is 4. The minimum Gasteiger partial charge on any atom is -0.331 e. The first kappa shape index (κ1) is 20.5. The molecule has 0 spiro atoms. The zero-order valence-corrected chi connectivity index (χ0v) is 17.4. The van der Waals surface area contributed by atoms with Gasteiger partial charge in [0.15, 0.2) is 0 Å². The van der Waals surface area contributed by atoms with Gasteiger partial charge in [-0.3, -0.25) is 4.79 Å². The van der Waals surface area contributed by atoms with Gasteiger partial charge in [-0.25, -0.2) is 9.48 Å². The molecule has 3 rings (SSSR count). The molecule has 1 aromatic heterocycles. The van der Waals surface area contributed by atoms with E-state index in [2.05, 4.69) is 10.4 Å². The second-order valence-electron chi connectivity index (χ2n) is 7.01. The molecule has 1 aliphatic rings. The minimum atomic E-state index is -0.135. The Kier molecular flexibility index (Phi) is 6.46. The fraction of sp³-hybridized carbons (Fsp3) is 0.421. The molecule has 0 bridgehead atoms. The number of carbonyl (C=O) groups excluding carboxylic acids is 2. The number of likely N-dealkylation sites (tertiary alicyclic amines) is 1. The standard InChI is InChI=1S/C19H23Cl2N5O2/c1-24(2)19(28)25-10-7-13(8-11-25)18(27)23-16-6-9-22-26(16)12-14-4-3-5-15(20)17(14)21/h3-6,9,13H,7-8,10-12H2,1-2H3,(H,23,27). The largest absolute Gasteiger partial charge is 0.331 e. The summed E-state index contributed by atoms with van der Waals surface area (Å²) in [6.07, 6.45) is 2.91. The number of piperidine rings is 1. The summed E-state index contributed by atoms with van der Waals surface area (Å²) < 4.78 is 1.68. The van der Waals surface area contributed by atoms with E-state index in [1.54, 1.807) is 46.9 Å². The van der Waals surface area contributed by atoms with Crippen LogP contribution in [0.3, 0.4) is 0 Å². The fourth-order valence-electron chi connectivity index (χ4n) is 3.24. The summed E-state index contributed by atoms with van der Waals surface area (Å²) in [5.41, 5.74) is 0.823. The Balaban J connectivity index is 1.61. The summed E-state index contributed by atoms with van der Waals surface area (Å²) in [5, 5.41) is 8.19. The summed E-state index contributed by atoms with van der Waals surface area (Å²) in [6.45, 7) is 1.55. The Hall–Kier alpha value is -2.25.